The Morgan fingerprint density at radius 1 is 1.30 bits per heavy atom. The molecule has 3 aromatic rings. The monoisotopic (exact) mass is 308 g/mol. The summed E-state index contributed by atoms with van der Waals surface area (Å²) < 4.78 is 21.1. The summed E-state index contributed by atoms with van der Waals surface area (Å²) in [6.45, 7) is 0. The number of aromatic nitrogens is 2. The molecule has 3 rings (SSSR count). The highest BCUT2D eigenvalue weighted by molar-refractivity contribution is 7.71. The SMILES string of the molecule is COc1cc(-n2c(=S)[nH]c3c(F)cccc32)ccc1Cl. The Labute approximate surface area is 124 Å². The molecule has 0 aliphatic carbocycles. The van der Waals surface area contributed by atoms with Crippen LogP contribution in [0, 0.1) is 10.6 Å². The third kappa shape index (κ3) is 1.99. The first kappa shape index (κ1) is 13.1. The fourth-order valence-electron chi connectivity index (χ4n) is 2.14. The molecule has 20 heavy (non-hydrogen) atoms. The number of nitrogens with one attached hydrogen (secondary N) is 1. The maximum Gasteiger partial charge on any atom is 0.182 e. The van der Waals surface area contributed by atoms with E-state index in [-0.39, 0.29) is 5.82 Å². The van der Waals surface area contributed by atoms with Crippen molar-refractivity contribution in [3.8, 4) is 11.4 Å². The van der Waals surface area contributed by atoms with Gasteiger partial charge in [0.1, 0.15) is 17.1 Å². The van der Waals surface area contributed by atoms with E-state index in [4.69, 9.17) is 28.6 Å². The molecule has 0 atom stereocenters. The number of ether oxygens (including phenoxy) is 1. The Morgan fingerprint density at radius 2 is 2.10 bits per heavy atom. The predicted molar refractivity (Wildman–Crippen MR) is 80.0 cm³/mol. The number of para-hydroxylation sites is 1. The van der Waals surface area contributed by atoms with Crippen molar-refractivity contribution in [2.24, 2.45) is 0 Å². The van der Waals surface area contributed by atoms with Gasteiger partial charge in [-0.25, -0.2) is 4.39 Å². The Kier molecular flexibility index (Phi) is 3.23. The van der Waals surface area contributed by atoms with Crippen molar-refractivity contribution >= 4 is 34.9 Å². The molecule has 2 aromatic carbocycles. The van der Waals surface area contributed by atoms with Crippen LogP contribution in [-0.2, 0) is 0 Å². The number of imidazole rings is 1. The average Bonchev–Trinajstić information content (AvgIpc) is 2.77. The topological polar surface area (TPSA) is 29.9 Å². The van der Waals surface area contributed by atoms with Gasteiger partial charge < -0.3 is 9.72 Å². The van der Waals surface area contributed by atoms with Gasteiger partial charge in [0.15, 0.2) is 4.77 Å². The highest BCUT2D eigenvalue weighted by atomic mass is 35.5. The van der Waals surface area contributed by atoms with Crippen molar-refractivity contribution < 1.29 is 9.13 Å². The first-order valence-corrected chi connectivity index (χ1v) is 6.63. The third-order valence-corrected chi connectivity index (χ3v) is 3.66. The van der Waals surface area contributed by atoms with E-state index >= 15 is 0 Å². The first-order valence-electron chi connectivity index (χ1n) is 5.85. The number of H-pyrrole nitrogens is 1. The van der Waals surface area contributed by atoms with Crippen LogP contribution in [0.4, 0.5) is 4.39 Å². The average molecular weight is 309 g/mol. The summed E-state index contributed by atoms with van der Waals surface area (Å²) >= 11 is 11.3. The van der Waals surface area contributed by atoms with E-state index in [9.17, 15) is 4.39 Å². The molecule has 1 heterocycles. The van der Waals surface area contributed by atoms with Crippen LogP contribution >= 0.6 is 23.8 Å². The predicted octanol–water partition coefficient (Wildman–Crippen LogP) is 4.49. The summed E-state index contributed by atoms with van der Waals surface area (Å²) in [6.07, 6.45) is 0. The summed E-state index contributed by atoms with van der Waals surface area (Å²) in [5.74, 6) is 0.199. The van der Waals surface area contributed by atoms with Crippen LogP contribution in [0.3, 0.4) is 0 Å². The fourth-order valence-corrected chi connectivity index (χ4v) is 2.64. The molecular formula is C14H10ClFN2OS. The molecular weight excluding hydrogens is 299 g/mol. The maximum absolute atomic E-state index is 13.8. The van der Waals surface area contributed by atoms with Gasteiger partial charge in [0.05, 0.1) is 23.3 Å². The third-order valence-electron chi connectivity index (χ3n) is 3.06. The van der Waals surface area contributed by atoms with E-state index in [1.165, 1.54) is 6.07 Å². The van der Waals surface area contributed by atoms with Gasteiger partial charge in [-0.05, 0) is 36.5 Å². The number of methoxy groups -OCH3 is 1. The van der Waals surface area contributed by atoms with Crippen LogP contribution in [0.1, 0.15) is 0 Å². The van der Waals surface area contributed by atoms with E-state index in [2.05, 4.69) is 4.98 Å². The fraction of sp³-hybridized carbons (Fsp3) is 0.0714. The quantitative estimate of drug-likeness (QED) is 0.707. The zero-order valence-corrected chi connectivity index (χ0v) is 12.1. The van der Waals surface area contributed by atoms with Gasteiger partial charge in [0, 0.05) is 6.07 Å². The molecule has 1 N–H and O–H groups in total. The minimum absolute atomic E-state index is 0.340. The molecule has 0 saturated carbocycles. The second kappa shape index (κ2) is 4.92. The molecule has 0 aliphatic heterocycles. The highest BCUT2D eigenvalue weighted by Crippen LogP contribution is 2.29. The van der Waals surface area contributed by atoms with Gasteiger partial charge in [-0.15, -0.1) is 0 Å². The summed E-state index contributed by atoms with van der Waals surface area (Å²) in [5, 5.41) is 0.508. The lowest BCUT2D eigenvalue weighted by molar-refractivity contribution is 0.415. The first-order chi connectivity index (χ1) is 9.61. The molecule has 0 bridgehead atoms. The second-order valence-corrected chi connectivity index (χ2v) is 5.01. The van der Waals surface area contributed by atoms with E-state index in [0.717, 1.165) is 5.69 Å². The molecule has 102 valence electrons. The number of benzene rings is 2. The van der Waals surface area contributed by atoms with Crippen molar-refractivity contribution in [2.45, 2.75) is 0 Å². The number of hydrogen-bond donors (Lipinski definition) is 1. The maximum atomic E-state index is 13.8. The smallest absolute Gasteiger partial charge is 0.182 e. The molecule has 0 saturated heterocycles. The number of hydrogen-bond acceptors (Lipinski definition) is 2. The number of nitrogens with zero attached hydrogens (tertiary/aromatic N) is 1. The molecule has 0 radical (unpaired) electrons. The number of fused-ring (bicyclic) bond motifs is 1. The Morgan fingerprint density at radius 3 is 2.85 bits per heavy atom. The van der Waals surface area contributed by atoms with Crippen LogP contribution in [0.5, 0.6) is 5.75 Å². The van der Waals surface area contributed by atoms with Crippen LogP contribution in [0.25, 0.3) is 16.7 Å². The van der Waals surface area contributed by atoms with Gasteiger partial charge >= 0.3 is 0 Å². The summed E-state index contributed by atoms with van der Waals surface area (Å²) in [5.41, 5.74) is 1.80. The molecule has 0 spiro atoms. The van der Waals surface area contributed by atoms with E-state index in [0.29, 0.717) is 26.6 Å². The van der Waals surface area contributed by atoms with E-state index < -0.39 is 0 Å². The van der Waals surface area contributed by atoms with Crippen molar-refractivity contribution in [3.63, 3.8) is 0 Å². The Bertz CT molecular complexity index is 856. The van der Waals surface area contributed by atoms with Gasteiger partial charge in [-0.1, -0.05) is 17.7 Å². The Hall–Kier alpha value is -1.85. The molecule has 3 nitrogen and oxygen atoms in total. The highest BCUT2D eigenvalue weighted by Gasteiger charge is 2.11. The van der Waals surface area contributed by atoms with Crippen molar-refractivity contribution in [1.82, 2.24) is 9.55 Å². The lowest BCUT2D eigenvalue weighted by atomic mass is 10.2. The van der Waals surface area contributed by atoms with E-state index in [1.54, 1.807) is 42.0 Å². The largest absolute Gasteiger partial charge is 0.495 e. The molecule has 0 amide bonds. The van der Waals surface area contributed by atoms with E-state index in [1.807, 2.05) is 0 Å². The lowest BCUT2D eigenvalue weighted by Crippen LogP contribution is -1.95. The molecule has 0 unspecified atom stereocenters. The number of rotatable bonds is 2. The van der Waals surface area contributed by atoms with Crippen LogP contribution < -0.4 is 4.74 Å². The van der Waals surface area contributed by atoms with Gasteiger partial charge in [-0.3, -0.25) is 4.57 Å². The summed E-state index contributed by atoms with van der Waals surface area (Å²) in [7, 11) is 1.54. The zero-order chi connectivity index (χ0) is 14.3. The summed E-state index contributed by atoms with van der Waals surface area (Å²) in [4.78, 5) is 2.87. The molecule has 0 fully saturated rings. The zero-order valence-electron chi connectivity index (χ0n) is 10.5. The molecule has 0 aliphatic rings. The lowest BCUT2D eigenvalue weighted by Gasteiger charge is -2.08. The minimum Gasteiger partial charge on any atom is -0.495 e. The Balaban J connectivity index is 2.32. The standard InChI is InChI=1S/C14H10ClFN2OS/c1-19-12-7-8(5-6-9(12)15)18-11-4-2-3-10(16)13(11)17-14(18)20/h2-7H,1H3,(H,17,20). The van der Waals surface area contributed by atoms with Gasteiger partial charge in [0.2, 0.25) is 0 Å². The van der Waals surface area contributed by atoms with Crippen molar-refractivity contribution in [1.29, 1.82) is 0 Å². The van der Waals surface area contributed by atoms with Gasteiger partial charge in [0.25, 0.3) is 0 Å². The molecule has 6 heteroatoms. The van der Waals surface area contributed by atoms with Crippen molar-refractivity contribution in [3.05, 3.63) is 52.0 Å². The number of aromatic amines is 1. The second-order valence-electron chi connectivity index (χ2n) is 4.22. The number of halogens is 2. The minimum atomic E-state index is -0.340. The summed E-state index contributed by atoms with van der Waals surface area (Å²) in [6, 6.07) is 10.1. The van der Waals surface area contributed by atoms with Crippen LogP contribution in [0.15, 0.2) is 36.4 Å². The van der Waals surface area contributed by atoms with Crippen molar-refractivity contribution in [2.75, 3.05) is 7.11 Å². The van der Waals surface area contributed by atoms with Gasteiger partial charge in [-0.2, -0.15) is 0 Å². The normalized spacial score (nSPS) is 10.9. The van der Waals surface area contributed by atoms with Crippen LogP contribution in [0.2, 0.25) is 5.02 Å². The van der Waals surface area contributed by atoms with Crippen LogP contribution in [-0.4, -0.2) is 16.7 Å². The molecule has 1 aromatic heterocycles.